The van der Waals surface area contributed by atoms with E-state index in [-0.39, 0.29) is 17.4 Å². The molecule has 1 aromatic carbocycles. The van der Waals surface area contributed by atoms with E-state index in [4.69, 9.17) is 14.7 Å². The number of rotatable bonds is 3. The molecule has 0 N–H and O–H groups in total. The van der Waals surface area contributed by atoms with Crippen molar-refractivity contribution in [3.05, 3.63) is 33.9 Å². The van der Waals surface area contributed by atoms with Gasteiger partial charge in [-0.3, -0.25) is 10.1 Å². The van der Waals surface area contributed by atoms with Crippen LogP contribution in [0, 0.1) is 21.4 Å². The van der Waals surface area contributed by atoms with Crippen LogP contribution < -0.4 is 4.74 Å². The number of hydrogen-bond acceptors (Lipinski definition) is 5. The van der Waals surface area contributed by atoms with Crippen LogP contribution in [0.15, 0.2) is 18.2 Å². The van der Waals surface area contributed by atoms with Crippen LogP contribution in [0.1, 0.15) is 5.56 Å². The monoisotopic (exact) mass is 220 g/mol. The summed E-state index contributed by atoms with van der Waals surface area (Å²) in [6.07, 6.45) is -0.0615. The second-order valence-electron chi connectivity index (χ2n) is 3.33. The molecule has 6 heteroatoms. The van der Waals surface area contributed by atoms with Gasteiger partial charge in [-0.05, 0) is 6.07 Å². The SMILES string of the molecule is N#Cc1cc([N+](=O)[O-])ccc1OC1COC1. The molecule has 0 saturated carbocycles. The van der Waals surface area contributed by atoms with Crippen molar-refractivity contribution in [1.29, 1.82) is 5.26 Å². The largest absolute Gasteiger partial charge is 0.484 e. The van der Waals surface area contributed by atoms with Crippen molar-refractivity contribution in [2.24, 2.45) is 0 Å². The Hall–Kier alpha value is -2.13. The number of benzene rings is 1. The van der Waals surface area contributed by atoms with Gasteiger partial charge in [0, 0.05) is 12.1 Å². The highest BCUT2D eigenvalue weighted by Crippen LogP contribution is 2.25. The molecule has 0 aromatic heterocycles. The number of nitro groups is 1. The molecule has 0 unspecified atom stereocenters. The van der Waals surface area contributed by atoms with E-state index in [1.165, 1.54) is 18.2 Å². The molecule has 0 atom stereocenters. The summed E-state index contributed by atoms with van der Waals surface area (Å²) in [4.78, 5) is 9.96. The van der Waals surface area contributed by atoms with Crippen molar-refractivity contribution in [2.75, 3.05) is 13.2 Å². The molecular weight excluding hydrogens is 212 g/mol. The molecule has 0 amide bonds. The Labute approximate surface area is 91.2 Å². The summed E-state index contributed by atoms with van der Waals surface area (Å²) in [6.45, 7) is 0.976. The van der Waals surface area contributed by atoms with Crippen molar-refractivity contribution >= 4 is 5.69 Å². The Kier molecular flexibility index (Phi) is 2.70. The van der Waals surface area contributed by atoms with Crippen LogP contribution in [0.25, 0.3) is 0 Å². The Bertz CT molecular complexity index is 462. The van der Waals surface area contributed by atoms with Crippen LogP contribution in [-0.4, -0.2) is 24.2 Å². The third-order valence-electron chi connectivity index (χ3n) is 2.20. The summed E-state index contributed by atoms with van der Waals surface area (Å²) in [5.41, 5.74) is 0.0508. The number of non-ortho nitro benzene ring substituents is 1. The lowest BCUT2D eigenvalue weighted by Gasteiger charge is -2.26. The van der Waals surface area contributed by atoms with Gasteiger partial charge < -0.3 is 9.47 Å². The van der Waals surface area contributed by atoms with Crippen molar-refractivity contribution in [3.8, 4) is 11.8 Å². The maximum absolute atomic E-state index is 10.5. The Morgan fingerprint density at radius 3 is 2.81 bits per heavy atom. The normalized spacial score (nSPS) is 14.9. The summed E-state index contributed by atoms with van der Waals surface area (Å²) in [5, 5.41) is 19.3. The number of nitriles is 1. The van der Waals surface area contributed by atoms with E-state index in [2.05, 4.69) is 0 Å². The van der Waals surface area contributed by atoms with E-state index in [1.807, 2.05) is 6.07 Å². The van der Waals surface area contributed by atoms with Gasteiger partial charge in [0.25, 0.3) is 5.69 Å². The van der Waals surface area contributed by atoms with Crippen LogP contribution in [-0.2, 0) is 4.74 Å². The molecule has 1 aromatic rings. The van der Waals surface area contributed by atoms with E-state index < -0.39 is 4.92 Å². The first-order chi connectivity index (χ1) is 7.70. The fraction of sp³-hybridized carbons (Fsp3) is 0.300. The van der Waals surface area contributed by atoms with Crippen molar-refractivity contribution < 1.29 is 14.4 Å². The van der Waals surface area contributed by atoms with Crippen LogP contribution in [0.4, 0.5) is 5.69 Å². The third-order valence-corrected chi connectivity index (χ3v) is 2.20. The number of nitro benzene ring substituents is 1. The summed E-state index contributed by atoms with van der Waals surface area (Å²) >= 11 is 0. The van der Waals surface area contributed by atoms with Crippen molar-refractivity contribution in [3.63, 3.8) is 0 Å². The van der Waals surface area contributed by atoms with Gasteiger partial charge in [0.1, 0.15) is 23.5 Å². The van der Waals surface area contributed by atoms with E-state index in [0.29, 0.717) is 19.0 Å². The summed E-state index contributed by atoms with van der Waals surface area (Å²) in [7, 11) is 0. The van der Waals surface area contributed by atoms with Gasteiger partial charge in [-0.1, -0.05) is 0 Å². The first kappa shape index (κ1) is 10.4. The molecule has 1 aliphatic heterocycles. The lowest BCUT2D eigenvalue weighted by atomic mass is 10.2. The molecule has 16 heavy (non-hydrogen) atoms. The topological polar surface area (TPSA) is 85.4 Å². The summed E-state index contributed by atoms with van der Waals surface area (Å²) in [5.74, 6) is 0.362. The second kappa shape index (κ2) is 4.16. The van der Waals surface area contributed by atoms with E-state index >= 15 is 0 Å². The highest BCUT2D eigenvalue weighted by molar-refractivity contribution is 5.50. The molecule has 82 valence electrons. The molecule has 1 heterocycles. The predicted molar refractivity (Wildman–Crippen MR) is 53.0 cm³/mol. The van der Waals surface area contributed by atoms with Gasteiger partial charge in [-0.2, -0.15) is 5.26 Å². The lowest BCUT2D eigenvalue weighted by Crippen LogP contribution is -2.38. The summed E-state index contributed by atoms with van der Waals surface area (Å²) in [6, 6.07) is 5.83. The van der Waals surface area contributed by atoms with Gasteiger partial charge in [0.05, 0.1) is 18.1 Å². The quantitative estimate of drug-likeness (QED) is 0.565. The van der Waals surface area contributed by atoms with Gasteiger partial charge in [0.2, 0.25) is 0 Å². The highest BCUT2D eigenvalue weighted by Gasteiger charge is 2.22. The standard InChI is InChI=1S/C10H8N2O4/c11-4-7-3-8(12(13)14)1-2-10(7)16-9-5-15-6-9/h1-3,9H,5-6H2. The number of hydrogen-bond donors (Lipinski definition) is 0. The second-order valence-corrected chi connectivity index (χ2v) is 3.33. The van der Waals surface area contributed by atoms with Crippen LogP contribution in [0.2, 0.25) is 0 Å². The average Bonchev–Trinajstić information content (AvgIpc) is 2.23. The van der Waals surface area contributed by atoms with Crippen molar-refractivity contribution in [1.82, 2.24) is 0 Å². The Morgan fingerprint density at radius 1 is 1.56 bits per heavy atom. The first-order valence-electron chi connectivity index (χ1n) is 4.63. The molecule has 1 fully saturated rings. The van der Waals surface area contributed by atoms with Gasteiger partial charge in [-0.15, -0.1) is 0 Å². The molecular formula is C10H8N2O4. The van der Waals surface area contributed by atoms with Crippen LogP contribution in [0.5, 0.6) is 5.75 Å². The molecule has 0 spiro atoms. The fourth-order valence-corrected chi connectivity index (χ4v) is 1.28. The number of ether oxygens (including phenoxy) is 2. The average molecular weight is 220 g/mol. The minimum atomic E-state index is -0.545. The Balaban J connectivity index is 2.24. The summed E-state index contributed by atoms with van der Waals surface area (Å²) < 4.78 is 10.4. The molecule has 2 rings (SSSR count). The number of nitrogens with zero attached hydrogens (tertiary/aromatic N) is 2. The minimum Gasteiger partial charge on any atom is -0.484 e. The maximum atomic E-state index is 10.5. The zero-order valence-corrected chi connectivity index (χ0v) is 8.25. The molecule has 0 aliphatic carbocycles. The van der Waals surface area contributed by atoms with Crippen LogP contribution in [0.3, 0.4) is 0 Å². The van der Waals surface area contributed by atoms with Crippen LogP contribution >= 0.6 is 0 Å². The lowest BCUT2D eigenvalue weighted by molar-refractivity contribution is -0.384. The molecule has 1 saturated heterocycles. The predicted octanol–water partition coefficient (Wildman–Crippen LogP) is 1.24. The smallest absolute Gasteiger partial charge is 0.271 e. The van der Waals surface area contributed by atoms with E-state index in [9.17, 15) is 10.1 Å². The highest BCUT2D eigenvalue weighted by atomic mass is 16.6. The minimum absolute atomic E-state index is 0.0615. The fourth-order valence-electron chi connectivity index (χ4n) is 1.28. The van der Waals surface area contributed by atoms with E-state index in [0.717, 1.165) is 0 Å². The van der Waals surface area contributed by atoms with Gasteiger partial charge in [0.15, 0.2) is 0 Å². The molecule has 0 bridgehead atoms. The zero-order chi connectivity index (χ0) is 11.5. The van der Waals surface area contributed by atoms with E-state index in [1.54, 1.807) is 0 Å². The Morgan fingerprint density at radius 2 is 2.31 bits per heavy atom. The van der Waals surface area contributed by atoms with Gasteiger partial charge >= 0.3 is 0 Å². The zero-order valence-electron chi connectivity index (χ0n) is 8.25. The maximum Gasteiger partial charge on any atom is 0.271 e. The molecule has 6 nitrogen and oxygen atoms in total. The van der Waals surface area contributed by atoms with Crippen molar-refractivity contribution in [2.45, 2.75) is 6.10 Å². The first-order valence-corrected chi connectivity index (χ1v) is 4.63. The molecule has 1 aliphatic rings. The third kappa shape index (κ3) is 1.94. The molecule has 0 radical (unpaired) electrons. The van der Waals surface area contributed by atoms with Gasteiger partial charge in [-0.25, -0.2) is 0 Å².